The molecule has 0 aromatic carbocycles. The number of allylic oxidation sites excluding steroid dienone is 6. The van der Waals surface area contributed by atoms with Crippen molar-refractivity contribution in [1.29, 1.82) is 0 Å². The zero-order valence-electron chi connectivity index (χ0n) is 8.05. The third-order valence-corrected chi connectivity index (χ3v) is 2.22. The molecule has 0 fully saturated rings. The summed E-state index contributed by atoms with van der Waals surface area (Å²) in [4.78, 5) is 4.21. The first-order chi connectivity index (χ1) is 6.27. The van der Waals surface area contributed by atoms with E-state index in [-0.39, 0.29) is 0 Å². The lowest BCUT2D eigenvalue weighted by Crippen LogP contribution is -2.01. The zero-order chi connectivity index (χ0) is 9.68. The molecule has 0 heterocycles. The van der Waals surface area contributed by atoms with Gasteiger partial charge in [-0.25, -0.2) is 0 Å². The minimum Gasteiger partial charge on any atom is -0.288 e. The van der Waals surface area contributed by atoms with Crippen molar-refractivity contribution in [3.05, 3.63) is 34.9 Å². The van der Waals surface area contributed by atoms with Gasteiger partial charge in [0.05, 0.1) is 5.71 Å². The largest absolute Gasteiger partial charge is 0.288 e. The van der Waals surface area contributed by atoms with Crippen molar-refractivity contribution in [2.75, 3.05) is 7.05 Å². The molecule has 0 bridgehead atoms. The van der Waals surface area contributed by atoms with Crippen molar-refractivity contribution in [2.45, 2.75) is 19.8 Å². The summed E-state index contributed by atoms with van der Waals surface area (Å²) in [6.07, 6.45) is 10.1. The Bertz CT molecular complexity index is 295. The second kappa shape index (κ2) is 5.03. The molecule has 0 spiro atoms. The molecule has 0 saturated heterocycles. The SMILES string of the molecule is C/C=C\C(=NC)C1=CC(Cl)=CCC1. The summed E-state index contributed by atoms with van der Waals surface area (Å²) < 4.78 is 0. The number of hydrogen-bond acceptors (Lipinski definition) is 1. The number of rotatable bonds is 2. The molecule has 0 unspecified atom stereocenters. The lowest BCUT2D eigenvalue weighted by atomic mass is 10.00. The first-order valence-corrected chi connectivity index (χ1v) is 4.81. The summed E-state index contributed by atoms with van der Waals surface area (Å²) in [5.41, 5.74) is 2.27. The van der Waals surface area contributed by atoms with E-state index in [9.17, 15) is 0 Å². The normalized spacial score (nSPS) is 18.8. The Morgan fingerprint density at radius 1 is 1.62 bits per heavy atom. The Balaban J connectivity index is 2.87. The number of nitrogens with zero attached hydrogens (tertiary/aromatic N) is 1. The smallest absolute Gasteiger partial charge is 0.0600 e. The predicted molar refractivity (Wildman–Crippen MR) is 59.4 cm³/mol. The Morgan fingerprint density at radius 2 is 2.38 bits per heavy atom. The lowest BCUT2D eigenvalue weighted by molar-refractivity contribution is 0.999. The molecule has 0 radical (unpaired) electrons. The highest BCUT2D eigenvalue weighted by atomic mass is 35.5. The van der Waals surface area contributed by atoms with E-state index >= 15 is 0 Å². The van der Waals surface area contributed by atoms with Gasteiger partial charge in [0.25, 0.3) is 0 Å². The Labute approximate surface area is 84.5 Å². The molecule has 1 aliphatic carbocycles. The van der Waals surface area contributed by atoms with E-state index in [0.29, 0.717) is 0 Å². The van der Waals surface area contributed by atoms with Crippen LogP contribution in [0.1, 0.15) is 19.8 Å². The molecule has 0 saturated carbocycles. The fraction of sp³-hybridized carbons (Fsp3) is 0.364. The molecule has 1 aliphatic rings. The highest BCUT2D eigenvalue weighted by molar-refractivity contribution is 6.31. The molecule has 0 N–H and O–H groups in total. The van der Waals surface area contributed by atoms with Gasteiger partial charge in [0.1, 0.15) is 0 Å². The summed E-state index contributed by atoms with van der Waals surface area (Å²) in [5.74, 6) is 0. The van der Waals surface area contributed by atoms with Crippen LogP contribution < -0.4 is 0 Å². The van der Waals surface area contributed by atoms with Crippen LogP contribution in [-0.2, 0) is 0 Å². The van der Waals surface area contributed by atoms with E-state index in [0.717, 1.165) is 23.6 Å². The van der Waals surface area contributed by atoms with E-state index in [1.807, 2.05) is 38.3 Å². The molecule has 0 aromatic rings. The van der Waals surface area contributed by atoms with E-state index < -0.39 is 0 Å². The maximum Gasteiger partial charge on any atom is 0.0600 e. The van der Waals surface area contributed by atoms with Gasteiger partial charge >= 0.3 is 0 Å². The molecule has 70 valence electrons. The molecule has 0 aromatic heterocycles. The summed E-state index contributed by atoms with van der Waals surface area (Å²) in [6, 6.07) is 0. The van der Waals surface area contributed by atoms with E-state index in [4.69, 9.17) is 11.6 Å². The molecule has 0 amide bonds. The van der Waals surface area contributed by atoms with Crippen LogP contribution in [0.5, 0.6) is 0 Å². The summed E-state index contributed by atoms with van der Waals surface area (Å²) in [7, 11) is 1.81. The van der Waals surface area contributed by atoms with Gasteiger partial charge in [-0.2, -0.15) is 0 Å². The van der Waals surface area contributed by atoms with Gasteiger partial charge in [0.15, 0.2) is 0 Å². The van der Waals surface area contributed by atoms with Gasteiger partial charge in [-0.1, -0.05) is 23.8 Å². The van der Waals surface area contributed by atoms with Crippen LogP contribution in [0.2, 0.25) is 0 Å². The van der Waals surface area contributed by atoms with Crippen molar-refractivity contribution < 1.29 is 0 Å². The Kier molecular flexibility index (Phi) is 3.97. The number of halogens is 1. The van der Waals surface area contributed by atoms with Gasteiger partial charge in [-0.3, -0.25) is 4.99 Å². The number of aliphatic imine (C=N–C) groups is 1. The monoisotopic (exact) mass is 195 g/mol. The van der Waals surface area contributed by atoms with Crippen LogP contribution >= 0.6 is 11.6 Å². The maximum atomic E-state index is 5.92. The summed E-state index contributed by atoms with van der Waals surface area (Å²) in [5, 5.41) is 0.826. The van der Waals surface area contributed by atoms with E-state index in [1.54, 1.807) is 0 Å². The maximum absolute atomic E-state index is 5.92. The molecule has 13 heavy (non-hydrogen) atoms. The molecule has 0 aliphatic heterocycles. The highest BCUT2D eigenvalue weighted by Gasteiger charge is 2.07. The third kappa shape index (κ3) is 2.85. The Hall–Kier alpha value is -0.820. The van der Waals surface area contributed by atoms with Crippen molar-refractivity contribution >= 4 is 17.3 Å². The van der Waals surface area contributed by atoms with Crippen molar-refractivity contribution in [3.8, 4) is 0 Å². The molecule has 1 nitrogen and oxygen atoms in total. The van der Waals surface area contributed by atoms with Crippen LogP contribution in [0.15, 0.2) is 39.9 Å². The Morgan fingerprint density at radius 3 is 2.92 bits per heavy atom. The number of hydrogen-bond donors (Lipinski definition) is 0. The first-order valence-electron chi connectivity index (χ1n) is 4.44. The first kappa shape index (κ1) is 10.3. The van der Waals surface area contributed by atoms with Gasteiger partial charge in [-0.15, -0.1) is 0 Å². The predicted octanol–water partition coefficient (Wildman–Crippen LogP) is 3.48. The van der Waals surface area contributed by atoms with Crippen molar-refractivity contribution in [1.82, 2.24) is 0 Å². The average molecular weight is 196 g/mol. The molecule has 2 heteroatoms. The minimum atomic E-state index is 0.826. The van der Waals surface area contributed by atoms with Crippen LogP contribution in [0.25, 0.3) is 0 Å². The third-order valence-electron chi connectivity index (χ3n) is 1.96. The fourth-order valence-corrected chi connectivity index (χ4v) is 1.59. The van der Waals surface area contributed by atoms with Crippen molar-refractivity contribution in [2.24, 2.45) is 4.99 Å². The van der Waals surface area contributed by atoms with E-state index in [2.05, 4.69) is 4.99 Å². The quantitative estimate of drug-likeness (QED) is 0.599. The zero-order valence-corrected chi connectivity index (χ0v) is 8.80. The highest BCUT2D eigenvalue weighted by Crippen LogP contribution is 2.21. The summed E-state index contributed by atoms with van der Waals surface area (Å²) in [6.45, 7) is 1.99. The lowest BCUT2D eigenvalue weighted by Gasteiger charge is -2.10. The van der Waals surface area contributed by atoms with Gasteiger partial charge < -0.3 is 0 Å². The van der Waals surface area contributed by atoms with Gasteiger partial charge in [0, 0.05) is 12.1 Å². The van der Waals surface area contributed by atoms with Gasteiger partial charge in [-0.05, 0) is 37.5 Å². The van der Waals surface area contributed by atoms with E-state index in [1.165, 1.54) is 5.57 Å². The molecular weight excluding hydrogens is 182 g/mol. The second-order valence-electron chi connectivity index (χ2n) is 2.91. The van der Waals surface area contributed by atoms with Crippen molar-refractivity contribution in [3.63, 3.8) is 0 Å². The second-order valence-corrected chi connectivity index (χ2v) is 3.34. The topological polar surface area (TPSA) is 12.4 Å². The molecular formula is C11H14ClN. The van der Waals surface area contributed by atoms with Gasteiger partial charge in [0.2, 0.25) is 0 Å². The fourth-order valence-electron chi connectivity index (χ4n) is 1.35. The average Bonchev–Trinajstić information content (AvgIpc) is 2.14. The van der Waals surface area contributed by atoms with Crippen LogP contribution in [0, 0.1) is 0 Å². The molecule has 1 rings (SSSR count). The van der Waals surface area contributed by atoms with Crippen LogP contribution in [0.4, 0.5) is 0 Å². The minimum absolute atomic E-state index is 0.826. The standard InChI is InChI=1S/C11H14ClN/c1-3-5-11(13-2)9-6-4-7-10(12)8-9/h3,5,7-8H,4,6H2,1-2H3/b5-3-,13-11?. The van der Waals surface area contributed by atoms with Crippen LogP contribution in [-0.4, -0.2) is 12.8 Å². The van der Waals surface area contributed by atoms with Crippen LogP contribution in [0.3, 0.4) is 0 Å². The summed E-state index contributed by atoms with van der Waals surface area (Å²) >= 11 is 5.92. The molecule has 0 atom stereocenters.